The average molecular weight is 464 g/mol. The van der Waals surface area contributed by atoms with E-state index in [2.05, 4.69) is 5.32 Å². The summed E-state index contributed by atoms with van der Waals surface area (Å²) in [6.07, 6.45) is 3.81. The van der Waals surface area contributed by atoms with Crippen molar-refractivity contribution in [2.45, 2.75) is 30.6 Å². The van der Waals surface area contributed by atoms with Crippen molar-refractivity contribution < 1.29 is 18.0 Å². The van der Waals surface area contributed by atoms with Gasteiger partial charge in [0.1, 0.15) is 0 Å². The fourth-order valence-electron chi connectivity index (χ4n) is 3.42. The summed E-state index contributed by atoms with van der Waals surface area (Å²) in [7, 11) is -0.304. The van der Waals surface area contributed by atoms with E-state index in [0.29, 0.717) is 29.9 Å². The van der Waals surface area contributed by atoms with Gasteiger partial charge in [0.15, 0.2) is 0 Å². The highest BCUT2D eigenvalue weighted by Crippen LogP contribution is 2.24. The Morgan fingerprint density at radius 1 is 0.968 bits per heavy atom. The Bertz CT molecular complexity index is 1060. The molecule has 1 aliphatic rings. The molecule has 0 aromatic heterocycles. The van der Waals surface area contributed by atoms with Gasteiger partial charge in [0, 0.05) is 38.4 Å². The molecule has 7 nitrogen and oxygen atoms in total. The predicted octanol–water partition coefficient (Wildman–Crippen LogP) is 3.86. The third-order valence-electron chi connectivity index (χ3n) is 5.18. The molecule has 1 fully saturated rings. The Kier molecular flexibility index (Phi) is 7.35. The van der Waals surface area contributed by atoms with Crippen LogP contribution in [-0.4, -0.2) is 56.6 Å². The number of carbonyl (C=O) groups excluding carboxylic acids is 2. The van der Waals surface area contributed by atoms with E-state index in [1.807, 2.05) is 0 Å². The molecule has 2 amide bonds. The molecule has 2 aromatic rings. The minimum Gasteiger partial charge on any atom is -0.345 e. The van der Waals surface area contributed by atoms with Crippen molar-refractivity contribution in [2.75, 3.05) is 32.5 Å². The summed E-state index contributed by atoms with van der Waals surface area (Å²) in [4.78, 5) is 26.2. The van der Waals surface area contributed by atoms with Gasteiger partial charge in [-0.05, 0) is 55.3 Å². The van der Waals surface area contributed by atoms with Crippen LogP contribution < -0.4 is 5.32 Å². The maximum Gasteiger partial charge on any atom is 0.255 e. The monoisotopic (exact) mass is 463 g/mol. The van der Waals surface area contributed by atoms with Crippen LogP contribution >= 0.6 is 11.6 Å². The lowest BCUT2D eigenvalue weighted by Gasteiger charge is -2.20. The lowest BCUT2D eigenvalue weighted by atomic mass is 10.1. The SMILES string of the molecule is CN(C)C(=O)c1ccc(NC(=O)c2ccc(S(=O)(=O)N3CCCCCC3)cc2)cc1Cl. The predicted molar refractivity (Wildman–Crippen MR) is 121 cm³/mol. The summed E-state index contributed by atoms with van der Waals surface area (Å²) in [5, 5.41) is 2.95. The smallest absolute Gasteiger partial charge is 0.255 e. The van der Waals surface area contributed by atoms with Crippen LogP contribution in [0, 0.1) is 0 Å². The van der Waals surface area contributed by atoms with E-state index in [1.54, 1.807) is 26.2 Å². The Labute approximate surface area is 188 Å². The number of halogens is 1. The summed E-state index contributed by atoms with van der Waals surface area (Å²) < 4.78 is 27.2. The number of rotatable bonds is 5. The summed E-state index contributed by atoms with van der Waals surface area (Å²) in [6.45, 7) is 1.05. The number of hydrogen-bond donors (Lipinski definition) is 1. The third kappa shape index (κ3) is 5.44. The van der Waals surface area contributed by atoms with Gasteiger partial charge in [-0.3, -0.25) is 9.59 Å². The number of hydrogen-bond acceptors (Lipinski definition) is 4. The lowest BCUT2D eigenvalue weighted by molar-refractivity contribution is 0.0827. The van der Waals surface area contributed by atoms with E-state index in [9.17, 15) is 18.0 Å². The topological polar surface area (TPSA) is 86.8 Å². The van der Waals surface area contributed by atoms with Crippen LogP contribution in [0.3, 0.4) is 0 Å². The van der Waals surface area contributed by atoms with Crippen molar-refractivity contribution in [1.82, 2.24) is 9.21 Å². The van der Waals surface area contributed by atoms with Crippen LogP contribution in [0.25, 0.3) is 0 Å². The number of benzene rings is 2. The highest BCUT2D eigenvalue weighted by molar-refractivity contribution is 7.89. The standard InChI is InChI=1S/C22H26ClN3O4S/c1-25(2)22(28)19-12-9-17(15-20(19)23)24-21(27)16-7-10-18(11-8-16)31(29,30)26-13-5-3-4-6-14-26/h7-12,15H,3-6,13-14H2,1-2H3,(H,24,27). The van der Waals surface area contributed by atoms with Gasteiger partial charge in [-0.25, -0.2) is 8.42 Å². The molecule has 0 unspecified atom stereocenters. The van der Waals surface area contributed by atoms with Crippen molar-refractivity contribution >= 4 is 39.1 Å². The van der Waals surface area contributed by atoms with Crippen LogP contribution in [-0.2, 0) is 10.0 Å². The van der Waals surface area contributed by atoms with Crippen molar-refractivity contribution in [1.29, 1.82) is 0 Å². The average Bonchev–Trinajstić information content (AvgIpc) is 3.03. The molecule has 1 saturated heterocycles. The highest BCUT2D eigenvalue weighted by Gasteiger charge is 2.25. The van der Waals surface area contributed by atoms with Crippen molar-refractivity contribution in [3.8, 4) is 0 Å². The molecule has 1 N–H and O–H groups in total. The molecule has 0 saturated carbocycles. The number of sulfonamides is 1. The number of carbonyl (C=O) groups is 2. The molecule has 31 heavy (non-hydrogen) atoms. The van der Waals surface area contributed by atoms with Gasteiger partial charge in [-0.2, -0.15) is 4.31 Å². The first-order valence-corrected chi connectivity index (χ1v) is 11.9. The fraction of sp³-hybridized carbons (Fsp3) is 0.364. The van der Waals surface area contributed by atoms with Crippen LogP contribution in [0.5, 0.6) is 0 Å². The minimum atomic E-state index is -3.56. The molecule has 9 heteroatoms. The van der Waals surface area contributed by atoms with Crippen LogP contribution in [0.4, 0.5) is 5.69 Å². The van der Waals surface area contributed by atoms with E-state index in [0.717, 1.165) is 25.7 Å². The quantitative estimate of drug-likeness (QED) is 0.729. The zero-order valence-electron chi connectivity index (χ0n) is 17.6. The zero-order valence-corrected chi connectivity index (χ0v) is 19.2. The molecule has 0 aliphatic carbocycles. The highest BCUT2D eigenvalue weighted by atomic mass is 35.5. The third-order valence-corrected chi connectivity index (χ3v) is 7.41. The molecule has 0 spiro atoms. The van der Waals surface area contributed by atoms with Gasteiger partial charge >= 0.3 is 0 Å². The molecule has 1 aliphatic heterocycles. The largest absolute Gasteiger partial charge is 0.345 e. The Morgan fingerprint density at radius 3 is 2.13 bits per heavy atom. The molecule has 2 aromatic carbocycles. The lowest BCUT2D eigenvalue weighted by Crippen LogP contribution is -2.31. The van der Waals surface area contributed by atoms with Gasteiger partial charge < -0.3 is 10.2 Å². The second kappa shape index (κ2) is 9.80. The second-order valence-electron chi connectivity index (χ2n) is 7.69. The van der Waals surface area contributed by atoms with Gasteiger partial charge in [0.2, 0.25) is 10.0 Å². The first kappa shape index (κ1) is 23.2. The van der Waals surface area contributed by atoms with Crippen LogP contribution in [0.2, 0.25) is 5.02 Å². The molecule has 166 valence electrons. The summed E-state index contributed by atoms with van der Waals surface area (Å²) in [6, 6.07) is 10.6. The Balaban J connectivity index is 1.72. The van der Waals surface area contributed by atoms with Gasteiger partial charge in [-0.1, -0.05) is 24.4 Å². The van der Waals surface area contributed by atoms with E-state index < -0.39 is 15.9 Å². The summed E-state index contributed by atoms with van der Waals surface area (Å²) >= 11 is 6.18. The maximum absolute atomic E-state index is 12.9. The van der Waals surface area contributed by atoms with Crippen molar-refractivity contribution in [3.05, 3.63) is 58.6 Å². The number of nitrogens with zero attached hydrogens (tertiary/aromatic N) is 2. The molecule has 0 atom stereocenters. The van der Waals surface area contributed by atoms with E-state index in [4.69, 9.17) is 11.6 Å². The van der Waals surface area contributed by atoms with Crippen LogP contribution in [0.15, 0.2) is 47.4 Å². The first-order valence-electron chi connectivity index (χ1n) is 10.1. The van der Waals surface area contributed by atoms with Gasteiger partial charge in [0.25, 0.3) is 11.8 Å². The molecular weight excluding hydrogens is 438 g/mol. The maximum atomic E-state index is 12.9. The van der Waals surface area contributed by atoms with Crippen molar-refractivity contribution in [2.24, 2.45) is 0 Å². The van der Waals surface area contributed by atoms with E-state index in [-0.39, 0.29) is 15.8 Å². The minimum absolute atomic E-state index is 0.181. The van der Waals surface area contributed by atoms with Crippen molar-refractivity contribution in [3.63, 3.8) is 0 Å². The van der Waals surface area contributed by atoms with Crippen LogP contribution in [0.1, 0.15) is 46.4 Å². The number of amides is 2. The first-order chi connectivity index (χ1) is 14.7. The van der Waals surface area contributed by atoms with Gasteiger partial charge in [-0.15, -0.1) is 0 Å². The second-order valence-corrected chi connectivity index (χ2v) is 10.0. The molecule has 1 heterocycles. The van der Waals surface area contributed by atoms with Gasteiger partial charge in [0.05, 0.1) is 15.5 Å². The normalized spacial score (nSPS) is 15.2. The van der Waals surface area contributed by atoms with E-state index >= 15 is 0 Å². The number of nitrogens with one attached hydrogen (secondary N) is 1. The molecule has 3 rings (SSSR count). The molecule has 0 radical (unpaired) electrons. The number of anilines is 1. The fourth-order valence-corrected chi connectivity index (χ4v) is 5.20. The summed E-state index contributed by atoms with van der Waals surface area (Å²) in [5.41, 5.74) is 1.10. The summed E-state index contributed by atoms with van der Waals surface area (Å²) in [5.74, 6) is -0.634. The molecule has 0 bridgehead atoms. The Morgan fingerprint density at radius 2 is 1.58 bits per heavy atom. The van der Waals surface area contributed by atoms with E-state index in [1.165, 1.54) is 39.5 Å². The Hall–Kier alpha value is -2.42. The zero-order chi connectivity index (χ0) is 22.6. The molecular formula is C22H26ClN3O4S.